The largest absolute Gasteiger partial charge is 0.497 e. The topological polar surface area (TPSA) is 184 Å². The second kappa shape index (κ2) is 19.2. The molecule has 5 aromatic rings. The van der Waals surface area contributed by atoms with E-state index in [0.717, 1.165) is 16.3 Å². The third-order valence-electron chi connectivity index (χ3n) is 8.15. The number of methoxy groups -OCH3 is 3. The lowest BCUT2D eigenvalue weighted by Crippen LogP contribution is -2.22. The summed E-state index contributed by atoms with van der Waals surface area (Å²) < 4.78 is 56.9. The van der Waals surface area contributed by atoms with Gasteiger partial charge in [0.15, 0.2) is 0 Å². The van der Waals surface area contributed by atoms with Gasteiger partial charge in [0.1, 0.15) is 29.6 Å². The van der Waals surface area contributed by atoms with Crippen molar-refractivity contribution in [2.75, 3.05) is 63.7 Å². The van der Waals surface area contributed by atoms with Gasteiger partial charge in [-0.1, -0.05) is 51.1 Å². The summed E-state index contributed by atoms with van der Waals surface area (Å²) in [4.78, 5) is 22.4. The number of nitrogens with zero attached hydrogens (tertiary/aromatic N) is 2. The molecule has 0 saturated heterocycles. The number of urea groups is 1. The number of nitrogens with one attached hydrogen (secondary N) is 4. The monoisotopic (exact) mass is 774 g/mol. The first-order valence-corrected chi connectivity index (χ1v) is 18.4. The molecule has 0 radical (unpaired) electrons. The summed E-state index contributed by atoms with van der Waals surface area (Å²) >= 11 is -2.23. The highest BCUT2D eigenvalue weighted by atomic mass is 32.2. The lowest BCUT2D eigenvalue weighted by molar-refractivity contribution is 0.0544. The van der Waals surface area contributed by atoms with Crippen molar-refractivity contribution in [2.24, 2.45) is 0 Å². The Kier molecular flexibility index (Phi) is 14.2. The Morgan fingerprint density at radius 1 is 0.836 bits per heavy atom. The number of carbonyl (C=O) groups excluding carboxylic acids is 1. The quantitative estimate of drug-likeness (QED) is 0.0440. The lowest BCUT2D eigenvalue weighted by atomic mass is 9.85. The number of hydrogen-bond donors (Lipinski definition) is 5. The van der Waals surface area contributed by atoms with Gasteiger partial charge in [-0.15, -0.1) is 0 Å². The smallest absolute Gasteiger partial charge is 0.323 e. The molecule has 1 atom stereocenters. The summed E-state index contributed by atoms with van der Waals surface area (Å²) in [5.74, 6) is 2.61. The van der Waals surface area contributed by atoms with E-state index in [0.29, 0.717) is 72.1 Å². The molecule has 292 valence electrons. The van der Waals surface area contributed by atoms with Gasteiger partial charge in [0, 0.05) is 66.1 Å². The molecule has 0 fully saturated rings. The van der Waals surface area contributed by atoms with Crippen molar-refractivity contribution in [1.29, 1.82) is 0 Å². The third kappa shape index (κ3) is 11.5. The lowest BCUT2D eigenvalue weighted by Gasteiger charge is -2.24. The molecule has 0 saturated carbocycles. The average Bonchev–Trinajstić information content (AvgIpc) is 3.15. The minimum atomic E-state index is -2.23. The van der Waals surface area contributed by atoms with Crippen molar-refractivity contribution in [1.82, 2.24) is 14.7 Å². The number of aromatic nitrogens is 2. The summed E-state index contributed by atoms with van der Waals surface area (Å²) in [6.07, 6.45) is 1.58. The fraction of sp³-hybridized carbons (Fsp3) is 0.308. The fourth-order valence-corrected chi connectivity index (χ4v) is 5.76. The van der Waals surface area contributed by atoms with Crippen LogP contribution in [0.5, 0.6) is 28.9 Å². The van der Waals surface area contributed by atoms with Crippen LogP contribution in [-0.2, 0) is 32.7 Å². The number of carbonyl (C=O) groups is 1. The van der Waals surface area contributed by atoms with E-state index >= 15 is 0 Å². The van der Waals surface area contributed by atoms with Crippen LogP contribution < -0.4 is 39.6 Å². The van der Waals surface area contributed by atoms with Crippen molar-refractivity contribution < 1.29 is 42.0 Å². The van der Waals surface area contributed by atoms with E-state index < -0.39 is 17.3 Å². The number of amides is 2. The van der Waals surface area contributed by atoms with Gasteiger partial charge in [-0.3, -0.25) is 4.55 Å². The summed E-state index contributed by atoms with van der Waals surface area (Å²) in [6.45, 7) is 7.90. The molecule has 0 aliphatic rings. The Labute approximate surface area is 322 Å². The fourth-order valence-electron chi connectivity index (χ4n) is 5.48. The van der Waals surface area contributed by atoms with E-state index in [2.05, 4.69) is 30.6 Å². The van der Waals surface area contributed by atoms with E-state index in [1.807, 2.05) is 57.2 Å². The van der Waals surface area contributed by atoms with Crippen molar-refractivity contribution in [3.05, 3.63) is 90.1 Å². The first kappa shape index (κ1) is 40.7. The van der Waals surface area contributed by atoms with Gasteiger partial charge in [0.25, 0.3) is 0 Å². The van der Waals surface area contributed by atoms with Crippen LogP contribution in [0.25, 0.3) is 10.8 Å². The third-order valence-corrected chi connectivity index (χ3v) is 8.54. The zero-order chi connectivity index (χ0) is 39.4. The van der Waals surface area contributed by atoms with Crippen LogP contribution in [0.1, 0.15) is 31.9 Å². The molecule has 15 nitrogen and oxygen atoms in total. The van der Waals surface area contributed by atoms with Crippen molar-refractivity contribution in [3.63, 3.8) is 0 Å². The van der Waals surface area contributed by atoms with Gasteiger partial charge in [-0.2, -0.15) is 4.98 Å². The van der Waals surface area contributed by atoms with Gasteiger partial charge < -0.3 is 44.4 Å². The van der Waals surface area contributed by atoms with Crippen molar-refractivity contribution in [2.45, 2.75) is 32.7 Å². The summed E-state index contributed by atoms with van der Waals surface area (Å²) in [5.41, 5.74) is 2.81. The van der Waals surface area contributed by atoms with E-state index in [1.165, 1.54) is 7.11 Å². The second-order valence-electron chi connectivity index (χ2n) is 13.1. The first-order valence-electron chi connectivity index (χ1n) is 17.3. The predicted molar refractivity (Wildman–Crippen MR) is 212 cm³/mol. The molecular formula is C39H46N6O9S. The summed E-state index contributed by atoms with van der Waals surface area (Å²) in [6, 6.07) is 21.2. The Balaban J connectivity index is 1.32. The SMILES string of the molecule is COCCOCCOc1cc(Nc2nccc(Oc3ccc(NC(=O)Nc4cc(C(C)(C)C)cc(CNS(=O)O)c4OC)c4ccccc34)n2)cc(OC)c1. The number of hydrogen-bond acceptors (Lipinski definition) is 11. The van der Waals surface area contributed by atoms with Gasteiger partial charge in [0.2, 0.25) is 23.1 Å². The number of fused-ring (bicyclic) bond motifs is 1. The Hall–Kier alpha value is -5.52. The molecule has 0 bridgehead atoms. The van der Waals surface area contributed by atoms with Crippen LogP contribution in [0.2, 0.25) is 0 Å². The molecule has 1 heterocycles. The highest BCUT2D eigenvalue weighted by Crippen LogP contribution is 2.37. The number of ether oxygens (including phenoxy) is 6. The Morgan fingerprint density at radius 3 is 2.31 bits per heavy atom. The van der Waals surface area contributed by atoms with E-state index in [9.17, 15) is 13.6 Å². The van der Waals surface area contributed by atoms with Crippen molar-refractivity contribution in [3.8, 4) is 28.9 Å². The zero-order valence-electron chi connectivity index (χ0n) is 31.6. The second-order valence-corrected chi connectivity index (χ2v) is 13.9. The molecule has 4 aromatic carbocycles. The van der Waals surface area contributed by atoms with Crippen molar-refractivity contribution >= 4 is 51.1 Å². The summed E-state index contributed by atoms with van der Waals surface area (Å²) in [7, 11) is 4.67. The minimum absolute atomic E-state index is 0.0475. The standard InChI is InChI=1S/C39H46N6O9S/c1-39(2,3)26-19-25(24-41-55(47)48)36(51-6)33(20-26)44-38(46)43-32-11-12-34(31-10-8-7-9-30(31)32)54-35-13-14-40-37(45-35)42-27-21-28(50-5)23-29(22-27)53-18-17-52-16-15-49-4/h7-14,19-23,41H,15-18,24H2,1-6H3,(H,47,48)(H,40,42,45)(H2,43,44,46). The van der Waals surface area contributed by atoms with Gasteiger partial charge in [-0.25, -0.2) is 18.7 Å². The maximum absolute atomic E-state index is 13.5. The molecule has 5 N–H and O–H groups in total. The average molecular weight is 775 g/mol. The maximum Gasteiger partial charge on any atom is 0.323 e. The molecular weight excluding hydrogens is 729 g/mol. The van der Waals surface area contributed by atoms with Crippen LogP contribution in [-0.4, -0.2) is 72.5 Å². The first-order chi connectivity index (χ1) is 26.5. The number of rotatable bonds is 18. The molecule has 0 aliphatic carbocycles. The maximum atomic E-state index is 13.5. The van der Waals surface area contributed by atoms with E-state index in [-0.39, 0.29) is 23.8 Å². The van der Waals surface area contributed by atoms with E-state index in [4.69, 9.17) is 28.4 Å². The van der Waals surface area contributed by atoms with E-state index in [1.54, 1.807) is 56.8 Å². The molecule has 16 heteroatoms. The zero-order valence-corrected chi connectivity index (χ0v) is 32.4. The van der Waals surface area contributed by atoms with Crippen LogP contribution in [0.15, 0.2) is 79.0 Å². The Morgan fingerprint density at radius 2 is 1.58 bits per heavy atom. The van der Waals surface area contributed by atoms with Crippen LogP contribution in [0.3, 0.4) is 0 Å². The number of benzene rings is 4. The predicted octanol–water partition coefficient (Wildman–Crippen LogP) is 7.39. The molecule has 0 spiro atoms. The minimum Gasteiger partial charge on any atom is -0.497 e. The Bertz CT molecular complexity index is 2110. The van der Waals surface area contributed by atoms with Gasteiger partial charge >= 0.3 is 6.03 Å². The number of anilines is 4. The van der Waals surface area contributed by atoms with Crippen LogP contribution in [0, 0.1) is 0 Å². The summed E-state index contributed by atoms with van der Waals surface area (Å²) in [5, 5.41) is 10.5. The van der Waals surface area contributed by atoms with Crippen LogP contribution in [0.4, 0.5) is 27.8 Å². The molecule has 2 amide bonds. The molecule has 1 unspecified atom stereocenters. The highest BCUT2D eigenvalue weighted by Gasteiger charge is 2.21. The molecule has 1 aromatic heterocycles. The molecule has 55 heavy (non-hydrogen) atoms. The molecule has 5 rings (SSSR count). The van der Waals surface area contributed by atoms with Gasteiger partial charge in [-0.05, 0) is 29.2 Å². The highest BCUT2D eigenvalue weighted by molar-refractivity contribution is 7.77. The van der Waals surface area contributed by atoms with Crippen LogP contribution >= 0.6 is 0 Å². The normalized spacial score (nSPS) is 11.8. The molecule has 0 aliphatic heterocycles. The van der Waals surface area contributed by atoms with Gasteiger partial charge in [0.05, 0.1) is 45.4 Å².